The van der Waals surface area contributed by atoms with Gasteiger partial charge in [0.15, 0.2) is 11.6 Å². The maximum absolute atomic E-state index is 6.19. The predicted octanol–water partition coefficient (Wildman–Crippen LogP) is 3.50. The second-order valence-corrected chi connectivity index (χ2v) is 8.25. The Bertz CT molecular complexity index is 862. The van der Waals surface area contributed by atoms with Crippen LogP contribution in [-0.2, 0) is 5.41 Å². The average molecular weight is 358 g/mol. The normalized spacial score (nSPS) is 13.2. The first-order valence-corrected chi connectivity index (χ1v) is 8.92. The van der Waals surface area contributed by atoms with Crippen LogP contribution in [0.5, 0.6) is 0 Å². The fourth-order valence-electron chi connectivity index (χ4n) is 2.36. The van der Waals surface area contributed by atoms with Gasteiger partial charge in [-0.2, -0.15) is 4.98 Å². The van der Waals surface area contributed by atoms with Crippen molar-refractivity contribution in [1.82, 2.24) is 25.0 Å². The monoisotopic (exact) mass is 358 g/mol. The molecule has 0 aliphatic heterocycles. The Morgan fingerprint density at radius 3 is 2.40 bits per heavy atom. The smallest absolute Gasteiger partial charge is 0.239 e. The van der Waals surface area contributed by atoms with Gasteiger partial charge in [-0.25, -0.2) is 4.68 Å². The molecular formula is C17H22N6OS. The van der Waals surface area contributed by atoms with Gasteiger partial charge in [0.2, 0.25) is 11.0 Å². The molecule has 132 valence electrons. The number of nitrogen functional groups attached to an aromatic ring is 1. The molecule has 0 fully saturated rings. The van der Waals surface area contributed by atoms with Crippen LogP contribution in [0.25, 0.3) is 11.4 Å². The van der Waals surface area contributed by atoms with Crippen LogP contribution in [0.4, 0.5) is 0 Å². The van der Waals surface area contributed by atoms with Crippen LogP contribution in [0.15, 0.2) is 33.9 Å². The molecule has 1 unspecified atom stereocenters. The van der Waals surface area contributed by atoms with Crippen molar-refractivity contribution in [1.29, 1.82) is 0 Å². The Hall–Kier alpha value is -2.35. The number of aromatic nitrogens is 5. The van der Waals surface area contributed by atoms with Crippen molar-refractivity contribution < 1.29 is 4.52 Å². The first-order chi connectivity index (χ1) is 11.8. The highest BCUT2D eigenvalue weighted by Gasteiger charge is 2.20. The molecule has 0 amide bonds. The van der Waals surface area contributed by atoms with Gasteiger partial charge in [-0.05, 0) is 24.8 Å². The quantitative estimate of drug-likeness (QED) is 0.563. The lowest BCUT2D eigenvalue weighted by atomic mass is 9.87. The highest BCUT2D eigenvalue weighted by Crippen LogP contribution is 2.33. The first-order valence-electron chi connectivity index (χ1n) is 8.04. The number of thioether (sulfide) groups is 1. The number of rotatable bonds is 4. The molecule has 25 heavy (non-hydrogen) atoms. The molecule has 3 aromatic rings. The van der Waals surface area contributed by atoms with Crippen molar-refractivity contribution in [2.75, 3.05) is 5.84 Å². The standard InChI is InChI=1S/C17H22N6OS/c1-10(15-19-11(2)22-24-15)25-16-21-20-14(23(16)18)12-6-8-13(9-7-12)17(3,4)5/h6-10H,18H2,1-5H3. The van der Waals surface area contributed by atoms with Crippen LogP contribution in [-0.4, -0.2) is 25.0 Å². The van der Waals surface area contributed by atoms with Gasteiger partial charge in [0.05, 0.1) is 5.25 Å². The molecule has 1 aromatic carbocycles. The van der Waals surface area contributed by atoms with Crippen molar-refractivity contribution in [3.8, 4) is 11.4 Å². The molecule has 3 rings (SSSR count). The summed E-state index contributed by atoms with van der Waals surface area (Å²) in [6.45, 7) is 10.3. The van der Waals surface area contributed by atoms with Gasteiger partial charge in [-0.3, -0.25) is 0 Å². The minimum absolute atomic E-state index is 0.0659. The summed E-state index contributed by atoms with van der Waals surface area (Å²) >= 11 is 1.43. The Balaban J connectivity index is 1.81. The number of hydrogen-bond donors (Lipinski definition) is 1. The Labute approximate surface area is 151 Å². The van der Waals surface area contributed by atoms with E-state index in [-0.39, 0.29) is 10.7 Å². The SMILES string of the molecule is Cc1noc(C(C)Sc2nnc(-c3ccc(C(C)(C)C)cc3)n2N)n1. The minimum Gasteiger partial charge on any atom is -0.338 e. The van der Waals surface area contributed by atoms with Gasteiger partial charge in [-0.1, -0.05) is 62.0 Å². The molecule has 2 N–H and O–H groups in total. The van der Waals surface area contributed by atoms with Crippen molar-refractivity contribution in [3.63, 3.8) is 0 Å². The molecular weight excluding hydrogens is 336 g/mol. The average Bonchev–Trinajstić information content (AvgIpc) is 3.14. The molecule has 2 aromatic heterocycles. The topological polar surface area (TPSA) is 95.7 Å². The third-order valence-corrected chi connectivity index (χ3v) is 4.89. The summed E-state index contributed by atoms with van der Waals surface area (Å²) in [7, 11) is 0. The fraction of sp³-hybridized carbons (Fsp3) is 0.412. The van der Waals surface area contributed by atoms with Crippen molar-refractivity contribution in [2.24, 2.45) is 0 Å². The summed E-state index contributed by atoms with van der Waals surface area (Å²) in [5, 5.41) is 12.8. The highest BCUT2D eigenvalue weighted by molar-refractivity contribution is 7.99. The lowest BCUT2D eigenvalue weighted by Crippen LogP contribution is -2.13. The summed E-state index contributed by atoms with van der Waals surface area (Å²) in [6, 6.07) is 8.24. The third-order valence-electron chi connectivity index (χ3n) is 3.85. The number of aryl methyl sites for hydroxylation is 1. The van der Waals surface area contributed by atoms with Crippen LogP contribution in [0.3, 0.4) is 0 Å². The van der Waals surface area contributed by atoms with Crippen LogP contribution in [0.1, 0.15) is 50.2 Å². The molecule has 0 aliphatic carbocycles. The van der Waals surface area contributed by atoms with Crippen molar-refractivity contribution in [3.05, 3.63) is 41.5 Å². The summed E-state index contributed by atoms with van der Waals surface area (Å²) in [4.78, 5) is 4.24. The molecule has 1 atom stereocenters. The third kappa shape index (κ3) is 3.68. The van der Waals surface area contributed by atoms with Crippen LogP contribution in [0.2, 0.25) is 0 Å². The van der Waals surface area contributed by atoms with E-state index in [1.165, 1.54) is 22.0 Å². The van der Waals surface area contributed by atoms with Gasteiger partial charge >= 0.3 is 0 Å². The Morgan fingerprint density at radius 1 is 1.16 bits per heavy atom. The Kier molecular flexibility index (Phi) is 4.55. The Morgan fingerprint density at radius 2 is 1.84 bits per heavy atom. The van der Waals surface area contributed by atoms with E-state index in [1.807, 2.05) is 19.1 Å². The van der Waals surface area contributed by atoms with E-state index in [4.69, 9.17) is 10.4 Å². The van der Waals surface area contributed by atoms with Crippen molar-refractivity contribution >= 4 is 11.8 Å². The van der Waals surface area contributed by atoms with Gasteiger partial charge in [0, 0.05) is 5.56 Å². The molecule has 2 heterocycles. The lowest BCUT2D eigenvalue weighted by Gasteiger charge is -2.19. The number of nitrogens with zero attached hydrogens (tertiary/aromatic N) is 5. The molecule has 0 saturated heterocycles. The van der Waals surface area contributed by atoms with Gasteiger partial charge < -0.3 is 10.4 Å². The van der Waals surface area contributed by atoms with Gasteiger partial charge in [0.25, 0.3) is 0 Å². The molecule has 0 radical (unpaired) electrons. The zero-order chi connectivity index (χ0) is 18.2. The molecule has 0 spiro atoms. The summed E-state index contributed by atoms with van der Waals surface area (Å²) < 4.78 is 6.69. The second-order valence-electron chi connectivity index (χ2n) is 6.94. The van der Waals surface area contributed by atoms with Crippen LogP contribution in [0, 0.1) is 6.92 Å². The zero-order valence-corrected chi connectivity index (χ0v) is 15.8. The second kappa shape index (κ2) is 6.51. The predicted molar refractivity (Wildman–Crippen MR) is 97.6 cm³/mol. The summed E-state index contributed by atoms with van der Waals surface area (Å²) in [5.74, 6) is 7.97. The fourth-order valence-corrected chi connectivity index (χ4v) is 3.16. The van der Waals surface area contributed by atoms with Crippen molar-refractivity contribution in [2.45, 2.75) is 50.4 Å². The van der Waals surface area contributed by atoms with E-state index < -0.39 is 0 Å². The maximum atomic E-state index is 6.19. The van der Waals surface area contributed by atoms with Gasteiger partial charge in [-0.15, -0.1) is 10.2 Å². The molecule has 7 nitrogen and oxygen atoms in total. The van der Waals surface area contributed by atoms with Crippen LogP contribution < -0.4 is 5.84 Å². The van der Waals surface area contributed by atoms with E-state index in [0.29, 0.717) is 22.7 Å². The summed E-state index contributed by atoms with van der Waals surface area (Å²) in [5.41, 5.74) is 2.29. The molecule has 0 saturated carbocycles. The number of hydrogen-bond acceptors (Lipinski definition) is 7. The van der Waals surface area contributed by atoms with Crippen LogP contribution >= 0.6 is 11.8 Å². The largest absolute Gasteiger partial charge is 0.338 e. The zero-order valence-electron chi connectivity index (χ0n) is 15.0. The number of benzene rings is 1. The van der Waals surface area contributed by atoms with E-state index >= 15 is 0 Å². The highest BCUT2D eigenvalue weighted by atomic mass is 32.2. The summed E-state index contributed by atoms with van der Waals surface area (Å²) in [6.07, 6.45) is 0. The number of nitrogens with two attached hydrogens (primary N) is 1. The van der Waals surface area contributed by atoms with E-state index in [2.05, 4.69) is 53.2 Å². The van der Waals surface area contributed by atoms with Gasteiger partial charge in [0.1, 0.15) is 0 Å². The minimum atomic E-state index is -0.0659. The first kappa shape index (κ1) is 17.5. The lowest BCUT2D eigenvalue weighted by molar-refractivity contribution is 0.376. The molecule has 0 bridgehead atoms. The van der Waals surface area contributed by atoms with E-state index in [9.17, 15) is 0 Å². The van der Waals surface area contributed by atoms with E-state index in [0.717, 1.165) is 5.56 Å². The molecule has 8 heteroatoms. The molecule has 0 aliphatic rings. The van der Waals surface area contributed by atoms with E-state index in [1.54, 1.807) is 6.92 Å². The maximum Gasteiger partial charge on any atom is 0.239 e.